The maximum Gasteiger partial charge on any atom is 0.173 e. The first-order valence-electron chi connectivity index (χ1n) is 8.38. The van der Waals surface area contributed by atoms with Gasteiger partial charge in [-0.25, -0.2) is 0 Å². The molecule has 23 heavy (non-hydrogen) atoms. The van der Waals surface area contributed by atoms with E-state index in [9.17, 15) is 0 Å². The monoisotopic (exact) mass is 324 g/mol. The fourth-order valence-electron chi connectivity index (χ4n) is 3.33. The number of nitrogens with one attached hydrogen (secondary N) is 1. The molecule has 0 spiro atoms. The highest BCUT2D eigenvalue weighted by atomic mass is 32.1. The largest absolute Gasteiger partial charge is 0.348 e. The summed E-state index contributed by atoms with van der Waals surface area (Å²) in [5.41, 5.74) is 5.18. The second-order valence-electron chi connectivity index (χ2n) is 6.24. The van der Waals surface area contributed by atoms with Gasteiger partial charge in [0, 0.05) is 24.7 Å². The first kappa shape index (κ1) is 16.0. The Labute approximate surface area is 144 Å². The van der Waals surface area contributed by atoms with E-state index in [2.05, 4.69) is 72.6 Å². The van der Waals surface area contributed by atoms with Crippen molar-refractivity contribution < 1.29 is 0 Å². The van der Waals surface area contributed by atoms with Crippen molar-refractivity contribution in [1.82, 2.24) is 4.90 Å². The van der Waals surface area contributed by atoms with Crippen molar-refractivity contribution in [2.75, 3.05) is 18.4 Å². The lowest BCUT2D eigenvalue weighted by Gasteiger charge is -2.23. The van der Waals surface area contributed by atoms with Gasteiger partial charge in [-0.3, -0.25) is 0 Å². The fourth-order valence-corrected chi connectivity index (χ4v) is 3.60. The van der Waals surface area contributed by atoms with Gasteiger partial charge in [-0.2, -0.15) is 0 Å². The van der Waals surface area contributed by atoms with Gasteiger partial charge in [0.15, 0.2) is 5.11 Å². The molecule has 2 aromatic carbocycles. The van der Waals surface area contributed by atoms with Crippen LogP contribution in [0.3, 0.4) is 0 Å². The lowest BCUT2D eigenvalue weighted by Crippen LogP contribution is -2.33. The summed E-state index contributed by atoms with van der Waals surface area (Å²) in [6, 6.07) is 17.2. The molecule has 1 heterocycles. The third kappa shape index (κ3) is 3.56. The first-order chi connectivity index (χ1) is 11.2. The van der Waals surface area contributed by atoms with Crippen molar-refractivity contribution in [1.29, 1.82) is 0 Å². The molecule has 0 unspecified atom stereocenters. The van der Waals surface area contributed by atoms with Gasteiger partial charge in [0.1, 0.15) is 0 Å². The van der Waals surface area contributed by atoms with Gasteiger partial charge in [-0.1, -0.05) is 55.5 Å². The highest BCUT2D eigenvalue weighted by Gasteiger charge is 2.25. The van der Waals surface area contributed by atoms with Crippen LogP contribution in [0.5, 0.6) is 0 Å². The summed E-state index contributed by atoms with van der Waals surface area (Å²) in [7, 11) is 0. The second-order valence-corrected chi connectivity index (χ2v) is 6.62. The van der Waals surface area contributed by atoms with Crippen LogP contribution < -0.4 is 5.32 Å². The van der Waals surface area contributed by atoms with E-state index in [1.807, 2.05) is 0 Å². The molecule has 0 amide bonds. The zero-order chi connectivity index (χ0) is 16.2. The summed E-state index contributed by atoms with van der Waals surface area (Å²) in [6.45, 7) is 6.35. The Bertz CT molecular complexity index is 681. The maximum absolute atomic E-state index is 5.68. The molecule has 1 aliphatic heterocycles. The highest BCUT2D eigenvalue weighted by Crippen LogP contribution is 2.28. The Morgan fingerprint density at radius 2 is 1.96 bits per heavy atom. The van der Waals surface area contributed by atoms with Crippen molar-refractivity contribution in [3.63, 3.8) is 0 Å². The Balaban J connectivity index is 1.69. The SMILES string of the molecule is CCc1cccc(C)c1NC(=S)N1CC[C@@H](c2ccccc2)C1. The van der Waals surface area contributed by atoms with Crippen LogP contribution in [0.15, 0.2) is 48.5 Å². The van der Waals surface area contributed by atoms with Crippen molar-refractivity contribution in [2.45, 2.75) is 32.6 Å². The topological polar surface area (TPSA) is 15.3 Å². The molecule has 1 fully saturated rings. The number of likely N-dealkylation sites (tertiary alicyclic amines) is 1. The first-order valence-corrected chi connectivity index (χ1v) is 8.79. The number of benzene rings is 2. The summed E-state index contributed by atoms with van der Waals surface area (Å²) in [5, 5.41) is 4.36. The maximum atomic E-state index is 5.68. The number of nitrogens with zero attached hydrogens (tertiary/aromatic N) is 1. The molecule has 1 aliphatic rings. The van der Waals surface area contributed by atoms with Crippen molar-refractivity contribution >= 4 is 23.0 Å². The Morgan fingerprint density at radius 1 is 1.17 bits per heavy atom. The number of aryl methyl sites for hydroxylation is 2. The van der Waals surface area contributed by atoms with Gasteiger partial charge in [-0.15, -0.1) is 0 Å². The molecule has 3 rings (SSSR count). The number of anilines is 1. The summed E-state index contributed by atoms with van der Waals surface area (Å²) in [6.07, 6.45) is 2.18. The average Bonchev–Trinajstić information content (AvgIpc) is 3.07. The molecule has 0 saturated carbocycles. The Morgan fingerprint density at radius 3 is 2.70 bits per heavy atom. The third-order valence-corrected chi connectivity index (χ3v) is 5.08. The smallest absolute Gasteiger partial charge is 0.173 e. The molecule has 1 saturated heterocycles. The lowest BCUT2D eigenvalue weighted by molar-refractivity contribution is 0.518. The van der Waals surface area contributed by atoms with E-state index in [-0.39, 0.29) is 0 Å². The fraction of sp³-hybridized carbons (Fsp3) is 0.350. The predicted octanol–water partition coefficient (Wildman–Crippen LogP) is 4.74. The molecule has 3 heteroatoms. The molecule has 1 atom stereocenters. The molecule has 1 N–H and O–H groups in total. The van der Waals surface area contributed by atoms with E-state index >= 15 is 0 Å². The molecule has 2 nitrogen and oxygen atoms in total. The van der Waals surface area contributed by atoms with Gasteiger partial charge in [0.2, 0.25) is 0 Å². The van der Waals surface area contributed by atoms with E-state index in [1.165, 1.54) is 28.8 Å². The minimum atomic E-state index is 0.582. The Hall–Kier alpha value is -1.87. The van der Waals surface area contributed by atoms with Crippen LogP contribution in [0, 0.1) is 6.92 Å². The van der Waals surface area contributed by atoms with E-state index in [0.29, 0.717) is 5.92 Å². The van der Waals surface area contributed by atoms with Gasteiger partial charge in [0.25, 0.3) is 0 Å². The molecular weight excluding hydrogens is 300 g/mol. The van der Waals surface area contributed by atoms with Crippen LogP contribution in [0.4, 0.5) is 5.69 Å². The molecule has 2 aromatic rings. The standard InChI is InChI=1S/C20H24N2S/c1-3-16-11-7-8-15(2)19(16)21-20(23)22-13-12-18(14-22)17-9-5-4-6-10-17/h4-11,18H,3,12-14H2,1-2H3,(H,21,23)/t18-/m1/s1. The van der Waals surface area contributed by atoms with Gasteiger partial charge < -0.3 is 10.2 Å². The third-order valence-electron chi connectivity index (χ3n) is 4.72. The lowest BCUT2D eigenvalue weighted by atomic mass is 9.99. The van der Waals surface area contributed by atoms with E-state index in [1.54, 1.807) is 0 Å². The van der Waals surface area contributed by atoms with E-state index in [4.69, 9.17) is 12.2 Å². The van der Waals surface area contributed by atoms with Gasteiger partial charge in [0.05, 0.1) is 0 Å². The molecule has 0 aromatic heterocycles. The summed E-state index contributed by atoms with van der Waals surface area (Å²) >= 11 is 5.68. The van der Waals surface area contributed by atoms with E-state index < -0.39 is 0 Å². The van der Waals surface area contributed by atoms with Crippen molar-refractivity contribution in [3.8, 4) is 0 Å². The number of thiocarbonyl (C=S) groups is 1. The molecule has 0 radical (unpaired) electrons. The van der Waals surface area contributed by atoms with Crippen molar-refractivity contribution in [2.24, 2.45) is 0 Å². The van der Waals surface area contributed by atoms with Crippen LogP contribution in [0.25, 0.3) is 0 Å². The minimum absolute atomic E-state index is 0.582. The van der Waals surface area contributed by atoms with Gasteiger partial charge >= 0.3 is 0 Å². The zero-order valence-corrected chi connectivity index (χ0v) is 14.7. The van der Waals surface area contributed by atoms with Gasteiger partial charge in [-0.05, 0) is 48.7 Å². The predicted molar refractivity (Wildman–Crippen MR) is 102 cm³/mol. The quantitative estimate of drug-likeness (QED) is 0.821. The number of hydrogen-bond acceptors (Lipinski definition) is 1. The molecular formula is C20H24N2S. The summed E-state index contributed by atoms with van der Waals surface area (Å²) in [4.78, 5) is 2.30. The average molecular weight is 324 g/mol. The highest BCUT2D eigenvalue weighted by molar-refractivity contribution is 7.80. The normalized spacial score (nSPS) is 17.3. The molecule has 0 aliphatic carbocycles. The Kier molecular flexibility index (Phi) is 4.97. The zero-order valence-electron chi connectivity index (χ0n) is 13.9. The van der Waals surface area contributed by atoms with Crippen LogP contribution in [0.2, 0.25) is 0 Å². The van der Waals surface area contributed by atoms with E-state index in [0.717, 1.165) is 24.6 Å². The molecule has 120 valence electrons. The number of para-hydroxylation sites is 1. The van der Waals surface area contributed by atoms with Crippen LogP contribution in [-0.2, 0) is 6.42 Å². The second kappa shape index (κ2) is 7.14. The summed E-state index contributed by atoms with van der Waals surface area (Å²) in [5.74, 6) is 0.582. The van der Waals surface area contributed by atoms with Crippen LogP contribution in [-0.4, -0.2) is 23.1 Å². The number of rotatable bonds is 3. The van der Waals surface area contributed by atoms with Crippen LogP contribution in [0.1, 0.15) is 36.0 Å². The van der Waals surface area contributed by atoms with Crippen LogP contribution >= 0.6 is 12.2 Å². The minimum Gasteiger partial charge on any atom is -0.348 e. The summed E-state index contributed by atoms with van der Waals surface area (Å²) < 4.78 is 0. The van der Waals surface area contributed by atoms with Crippen molar-refractivity contribution in [3.05, 3.63) is 65.2 Å². The molecule has 0 bridgehead atoms. The number of hydrogen-bond donors (Lipinski definition) is 1.